The Bertz CT molecular complexity index is 1700. The average Bonchev–Trinajstić information content (AvgIpc) is 3.55. The van der Waals surface area contributed by atoms with E-state index in [2.05, 4.69) is 151 Å². The van der Waals surface area contributed by atoms with Crippen LogP contribution in [0, 0.1) is 0 Å². The Morgan fingerprint density at radius 2 is 1.15 bits per heavy atom. The molecule has 1 N–H and O–H groups in total. The third-order valence-electron chi connectivity index (χ3n) is 8.68. The first kappa shape index (κ1) is 23.5. The van der Waals surface area contributed by atoms with Crippen LogP contribution >= 0.6 is 0 Å². The van der Waals surface area contributed by atoms with E-state index in [0.717, 1.165) is 12.8 Å². The van der Waals surface area contributed by atoms with Gasteiger partial charge in [-0.3, -0.25) is 0 Å². The SMILES string of the molecule is CCC1(CC)c2cc(-c3cc4ccccc4[nH]3)ccc2-c2ccc(N(c3ccccc3)c3ccccc3)cc21. The van der Waals surface area contributed by atoms with E-state index in [1.807, 2.05) is 0 Å². The molecule has 2 nitrogen and oxygen atoms in total. The van der Waals surface area contributed by atoms with Crippen LogP contribution in [0.25, 0.3) is 33.3 Å². The number of rotatable bonds is 6. The molecular formula is C37H32N2. The van der Waals surface area contributed by atoms with Gasteiger partial charge in [-0.05, 0) is 95.3 Å². The third-order valence-corrected chi connectivity index (χ3v) is 8.68. The number of aromatic amines is 1. The van der Waals surface area contributed by atoms with Crippen LogP contribution in [0.5, 0.6) is 0 Å². The second kappa shape index (κ2) is 9.32. The van der Waals surface area contributed by atoms with Crippen LogP contribution in [-0.2, 0) is 5.41 Å². The summed E-state index contributed by atoms with van der Waals surface area (Å²) in [6.07, 6.45) is 2.11. The van der Waals surface area contributed by atoms with Gasteiger partial charge in [0.1, 0.15) is 0 Å². The molecule has 0 radical (unpaired) electrons. The van der Waals surface area contributed by atoms with Crippen LogP contribution in [0.1, 0.15) is 37.8 Å². The molecule has 1 heterocycles. The number of anilines is 3. The van der Waals surface area contributed by atoms with Crippen LogP contribution in [-0.4, -0.2) is 4.98 Å². The van der Waals surface area contributed by atoms with Gasteiger partial charge in [-0.2, -0.15) is 0 Å². The van der Waals surface area contributed by atoms with Crippen LogP contribution in [0.2, 0.25) is 0 Å². The van der Waals surface area contributed by atoms with E-state index < -0.39 is 0 Å². The van der Waals surface area contributed by atoms with Crippen molar-refractivity contribution in [2.24, 2.45) is 0 Å². The highest BCUT2D eigenvalue weighted by Gasteiger charge is 2.41. The molecule has 190 valence electrons. The topological polar surface area (TPSA) is 19.0 Å². The van der Waals surface area contributed by atoms with Gasteiger partial charge >= 0.3 is 0 Å². The van der Waals surface area contributed by atoms with Crippen molar-refractivity contribution in [2.75, 3.05) is 4.90 Å². The highest BCUT2D eigenvalue weighted by atomic mass is 15.1. The number of fused-ring (bicyclic) bond motifs is 4. The second-order valence-electron chi connectivity index (χ2n) is 10.6. The fourth-order valence-electron chi connectivity index (χ4n) is 6.63. The van der Waals surface area contributed by atoms with E-state index in [1.54, 1.807) is 0 Å². The molecule has 1 aliphatic carbocycles. The molecule has 0 atom stereocenters. The molecule has 0 spiro atoms. The summed E-state index contributed by atoms with van der Waals surface area (Å²) in [4.78, 5) is 6.01. The summed E-state index contributed by atoms with van der Waals surface area (Å²) in [6.45, 7) is 4.69. The minimum absolute atomic E-state index is 0.0260. The van der Waals surface area contributed by atoms with Crippen molar-refractivity contribution < 1.29 is 0 Å². The van der Waals surface area contributed by atoms with Crippen molar-refractivity contribution in [3.05, 3.63) is 139 Å². The first-order chi connectivity index (χ1) is 19.2. The largest absolute Gasteiger partial charge is 0.355 e. The number of aromatic nitrogens is 1. The van der Waals surface area contributed by atoms with Crippen molar-refractivity contribution in [1.82, 2.24) is 4.98 Å². The third kappa shape index (κ3) is 3.71. The Morgan fingerprint density at radius 1 is 0.564 bits per heavy atom. The predicted molar refractivity (Wildman–Crippen MR) is 165 cm³/mol. The number of benzene rings is 5. The molecule has 5 aromatic carbocycles. The lowest BCUT2D eigenvalue weighted by molar-refractivity contribution is 0.490. The number of hydrogen-bond acceptors (Lipinski definition) is 1. The van der Waals surface area contributed by atoms with Gasteiger partial charge in [0.15, 0.2) is 0 Å². The van der Waals surface area contributed by atoms with Gasteiger partial charge in [0.2, 0.25) is 0 Å². The minimum Gasteiger partial charge on any atom is -0.355 e. The molecular weight excluding hydrogens is 472 g/mol. The highest BCUT2D eigenvalue weighted by molar-refractivity contribution is 5.89. The van der Waals surface area contributed by atoms with Crippen LogP contribution in [0.4, 0.5) is 17.1 Å². The smallest absolute Gasteiger partial charge is 0.0465 e. The number of nitrogens with one attached hydrogen (secondary N) is 1. The molecule has 0 unspecified atom stereocenters. The number of hydrogen-bond donors (Lipinski definition) is 1. The van der Waals surface area contributed by atoms with E-state index in [-0.39, 0.29) is 5.41 Å². The summed E-state index contributed by atoms with van der Waals surface area (Å²) >= 11 is 0. The van der Waals surface area contributed by atoms with Crippen molar-refractivity contribution >= 4 is 28.0 Å². The van der Waals surface area contributed by atoms with Crippen molar-refractivity contribution in [3.63, 3.8) is 0 Å². The van der Waals surface area contributed by atoms with E-state index in [9.17, 15) is 0 Å². The molecule has 2 heteroatoms. The van der Waals surface area contributed by atoms with Gasteiger partial charge in [-0.1, -0.05) is 86.6 Å². The molecule has 1 aromatic heterocycles. The van der Waals surface area contributed by atoms with E-state index in [0.29, 0.717) is 0 Å². The Balaban J connectivity index is 1.38. The fourth-order valence-corrected chi connectivity index (χ4v) is 6.63. The zero-order chi connectivity index (χ0) is 26.4. The van der Waals surface area contributed by atoms with Crippen LogP contribution in [0.15, 0.2) is 127 Å². The van der Waals surface area contributed by atoms with Gasteiger partial charge < -0.3 is 9.88 Å². The first-order valence-corrected chi connectivity index (χ1v) is 14.0. The Kier molecular flexibility index (Phi) is 5.63. The molecule has 0 bridgehead atoms. The maximum absolute atomic E-state index is 3.64. The first-order valence-electron chi connectivity index (χ1n) is 14.0. The number of nitrogens with zero attached hydrogens (tertiary/aromatic N) is 1. The quantitative estimate of drug-likeness (QED) is 0.239. The summed E-state index contributed by atoms with van der Waals surface area (Å²) in [5.41, 5.74) is 12.7. The minimum atomic E-state index is -0.0260. The average molecular weight is 505 g/mol. The molecule has 1 aliphatic rings. The Labute approximate surface area is 230 Å². The van der Waals surface area contributed by atoms with Gasteiger partial charge in [-0.15, -0.1) is 0 Å². The maximum atomic E-state index is 3.64. The van der Waals surface area contributed by atoms with Crippen LogP contribution in [0.3, 0.4) is 0 Å². The van der Waals surface area contributed by atoms with Crippen LogP contribution < -0.4 is 4.90 Å². The lowest BCUT2D eigenvalue weighted by Crippen LogP contribution is -2.23. The van der Waals surface area contributed by atoms with E-state index in [4.69, 9.17) is 0 Å². The molecule has 0 amide bonds. The summed E-state index contributed by atoms with van der Waals surface area (Å²) in [5, 5.41) is 1.25. The maximum Gasteiger partial charge on any atom is 0.0465 e. The molecule has 39 heavy (non-hydrogen) atoms. The normalized spacial score (nSPS) is 13.3. The standard InChI is InChI=1S/C37H32N2/c1-3-37(4-2)33-23-27(36-24-26-13-11-12-18-35(26)38-36)19-21-31(33)32-22-20-30(25-34(32)37)39(28-14-7-5-8-15-28)29-16-9-6-10-17-29/h5-25,38H,3-4H2,1-2H3. The van der Waals surface area contributed by atoms with E-state index in [1.165, 1.54) is 61.5 Å². The molecule has 7 rings (SSSR count). The molecule has 0 aliphatic heterocycles. The Morgan fingerprint density at radius 3 is 1.79 bits per heavy atom. The zero-order valence-electron chi connectivity index (χ0n) is 22.5. The number of para-hydroxylation sites is 3. The summed E-state index contributed by atoms with van der Waals surface area (Å²) < 4.78 is 0. The van der Waals surface area contributed by atoms with E-state index >= 15 is 0 Å². The van der Waals surface area contributed by atoms with Gasteiger partial charge in [-0.25, -0.2) is 0 Å². The molecule has 6 aromatic rings. The van der Waals surface area contributed by atoms with Gasteiger partial charge in [0, 0.05) is 39.1 Å². The van der Waals surface area contributed by atoms with Crippen molar-refractivity contribution in [3.8, 4) is 22.4 Å². The van der Waals surface area contributed by atoms with Gasteiger partial charge in [0.05, 0.1) is 0 Å². The molecule has 0 saturated carbocycles. The van der Waals surface area contributed by atoms with Crippen molar-refractivity contribution in [1.29, 1.82) is 0 Å². The molecule has 0 fully saturated rings. The molecule has 0 saturated heterocycles. The lowest BCUT2D eigenvalue weighted by atomic mass is 9.73. The predicted octanol–water partition coefficient (Wildman–Crippen LogP) is 10.4. The van der Waals surface area contributed by atoms with Gasteiger partial charge in [0.25, 0.3) is 0 Å². The number of H-pyrrole nitrogens is 1. The highest BCUT2D eigenvalue weighted by Crippen LogP contribution is 2.54. The monoisotopic (exact) mass is 504 g/mol. The fraction of sp³-hybridized carbons (Fsp3) is 0.135. The zero-order valence-corrected chi connectivity index (χ0v) is 22.5. The second-order valence-corrected chi connectivity index (χ2v) is 10.6. The Hall–Kier alpha value is -4.56. The van der Waals surface area contributed by atoms with Crippen molar-refractivity contribution in [2.45, 2.75) is 32.1 Å². The summed E-state index contributed by atoms with van der Waals surface area (Å²) in [5.74, 6) is 0. The lowest BCUT2D eigenvalue weighted by Gasteiger charge is -2.32. The summed E-state index contributed by atoms with van der Waals surface area (Å²) in [6, 6.07) is 46.3. The summed E-state index contributed by atoms with van der Waals surface area (Å²) in [7, 11) is 0.